The van der Waals surface area contributed by atoms with Gasteiger partial charge < -0.3 is 4.90 Å². The number of nitrogens with zero attached hydrogens (tertiary/aromatic N) is 2. The van der Waals surface area contributed by atoms with Crippen molar-refractivity contribution in [3.05, 3.63) is 30.3 Å². The van der Waals surface area contributed by atoms with E-state index in [0.717, 1.165) is 35.8 Å². The summed E-state index contributed by atoms with van der Waals surface area (Å²) in [6.07, 6.45) is 10.1. The number of benzene rings is 1. The molecule has 2 saturated heterocycles. The lowest BCUT2D eigenvalue weighted by Gasteiger charge is -2.40. The minimum Gasteiger partial charge on any atom is -0.368 e. The molecule has 1 aromatic rings. The van der Waals surface area contributed by atoms with Crippen LogP contribution in [0.3, 0.4) is 0 Å². The predicted octanol–water partition coefficient (Wildman–Crippen LogP) is 6.22. The number of para-hydroxylation sites is 1. The van der Waals surface area contributed by atoms with Crippen molar-refractivity contribution in [1.29, 1.82) is 0 Å². The Kier molecular flexibility index (Phi) is 6.35. The largest absolute Gasteiger partial charge is 0.368 e. The third-order valence-corrected chi connectivity index (χ3v) is 8.22. The maximum absolute atomic E-state index is 2.91. The summed E-state index contributed by atoms with van der Waals surface area (Å²) in [5, 5.41) is 0. The summed E-state index contributed by atoms with van der Waals surface area (Å²) in [5.41, 5.74) is 1.44. The highest BCUT2D eigenvalue weighted by molar-refractivity contribution is 5.48. The number of rotatable bonds is 5. The van der Waals surface area contributed by atoms with Crippen molar-refractivity contribution in [2.24, 2.45) is 23.7 Å². The molecule has 3 atom stereocenters. The fourth-order valence-corrected chi connectivity index (χ4v) is 6.68. The zero-order chi connectivity index (χ0) is 19.7. The first kappa shape index (κ1) is 20.3. The van der Waals surface area contributed by atoms with Crippen molar-refractivity contribution in [1.82, 2.24) is 4.90 Å². The fourth-order valence-electron chi connectivity index (χ4n) is 6.68. The Hall–Kier alpha value is -1.02. The van der Waals surface area contributed by atoms with Gasteiger partial charge >= 0.3 is 0 Å². The van der Waals surface area contributed by atoms with Crippen LogP contribution in [-0.4, -0.2) is 36.1 Å². The molecule has 2 nitrogen and oxygen atoms in total. The predicted molar refractivity (Wildman–Crippen MR) is 121 cm³/mol. The fraction of sp³-hybridized carbons (Fsp3) is 0.769. The van der Waals surface area contributed by atoms with E-state index in [1.165, 1.54) is 63.7 Å². The lowest BCUT2D eigenvalue weighted by Crippen LogP contribution is -2.44. The summed E-state index contributed by atoms with van der Waals surface area (Å²) in [5.74, 6) is 3.40. The Morgan fingerprint density at radius 2 is 1.46 bits per heavy atom. The second kappa shape index (κ2) is 8.78. The van der Waals surface area contributed by atoms with Gasteiger partial charge in [0.05, 0.1) is 0 Å². The van der Waals surface area contributed by atoms with Crippen molar-refractivity contribution >= 4 is 5.69 Å². The van der Waals surface area contributed by atoms with Crippen LogP contribution >= 0.6 is 0 Å². The SMILES string of the molecule is CC(C)C1CC(C2CCC(N3CCCC3C(C)C)CC2)CN1c1ccccc1. The molecular weight excluding hydrogens is 340 g/mol. The van der Waals surface area contributed by atoms with E-state index in [2.05, 4.69) is 67.8 Å². The highest BCUT2D eigenvalue weighted by Gasteiger charge is 2.41. The number of hydrogen-bond donors (Lipinski definition) is 0. The highest BCUT2D eigenvalue weighted by Crippen LogP contribution is 2.43. The van der Waals surface area contributed by atoms with Crippen molar-refractivity contribution < 1.29 is 0 Å². The number of hydrogen-bond acceptors (Lipinski definition) is 2. The van der Waals surface area contributed by atoms with Gasteiger partial charge in [-0.15, -0.1) is 0 Å². The third-order valence-electron chi connectivity index (χ3n) is 8.22. The molecule has 2 aliphatic heterocycles. The van der Waals surface area contributed by atoms with E-state index >= 15 is 0 Å². The van der Waals surface area contributed by atoms with E-state index in [1.54, 1.807) is 0 Å². The molecular formula is C26H42N2. The van der Waals surface area contributed by atoms with Gasteiger partial charge in [0.15, 0.2) is 0 Å². The molecule has 156 valence electrons. The maximum atomic E-state index is 2.91. The Morgan fingerprint density at radius 3 is 2.11 bits per heavy atom. The third kappa shape index (κ3) is 4.13. The monoisotopic (exact) mass is 382 g/mol. The normalized spacial score (nSPS) is 34.6. The lowest BCUT2D eigenvalue weighted by molar-refractivity contribution is 0.0910. The number of anilines is 1. The molecule has 0 spiro atoms. The van der Waals surface area contributed by atoms with Gasteiger partial charge in [-0.1, -0.05) is 45.9 Å². The molecule has 4 rings (SSSR count). The van der Waals surface area contributed by atoms with Gasteiger partial charge in [-0.25, -0.2) is 0 Å². The van der Waals surface area contributed by atoms with Gasteiger partial charge in [-0.05, 0) is 87.3 Å². The second-order valence-corrected chi connectivity index (χ2v) is 10.6. The zero-order valence-electron chi connectivity index (χ0n) is 18.7. The zero-order valence-corrected chi connectivity index (χ0v) is 18.7. The van der Waals surface area contributed by atoms with E-state index in [0.29, 0.717) is 6.04 Å². The molecule has 0 amide bonds. The van der Waals surface area contributed by atoms with Crippen LogP contribution in [0.5, 0.6) is 0 Å². The van der Waals surface area contributed by atoms with Crippen LogP contribution in [0.25, 0.3) is 0 Å². The Labute approximate surface area is 173 Å². The molecule has 0 aromatic heterocycles. The summed E-state index contributed by atoms with van der Waals surface area (Å²) >= 11 is 0. The molecule has 0 N–H and O–H groups in total. The van der Waals surface area contributed by atoms with Crippen molar-refractivity contribution in [3.8, 4) is 0 Å². The standard InChI is InChI=1S/C26H42N2/c1-19(2)25-11-8-16-27(25)24-14-12-21(13-15-24)22-17-26(20(3)4)28(18-22)23-9-6-5-7-10-23/h5-7,9-10,19-22,24-26H,8,11-18H2,1-4H3. The molecule has 2 heteroatoms. The summed E-state index contributed by atoms with van der Waals surface area (Å²) in [7, 11) is 0. The highest BCUT2D eigenvalue weighted by atomic mass is 15.2. The maximum Gasteiger partial charge on any atom is 0.0368 e. The smallest absolute Gasteiger partial charge is 0.0368 e. The van der Waals surface area contributed by atoms with Gasteiger partial charge in [0.2, 0.25) is 0 Å². The van der Waals surface area contributed by atoms with Crippen LogP contribution in [0, 0.1) is 23.7 Å². The average molecular weight is 383 g/mol. The summed E-state index contributed by atoms with van der Waals surface area (Å²) in [6, 6.07) is 13.6. The molecule has 28 heavy (non-hydrogen) atoms. The molecule has 1 aliphatic carbocycles. The van der Waals surface area contributed by atoms with Crippen LogP contribution in [0.1, 0.15) is 72.6 Å². The van der Waals surface area contributed by atoms with Crippen molar-refractivity contribution in [2.45, 2.75) is 90.8 Å². The molecule has 1 saturated carbocycles. The molecule has 0 radical (unpaired) electrons. The van der Waals surface area contributed by atoms with Gasteiger partial charge in [-0.2, -0.15) is 0 Å². The molecule has 2 heterocycles. The molecule has 3 unspecified atom stereocenters. The van der Waals surface area contributed by atoms with Crippen LogP contribution in [0.4, 0.5) is 5.69 Å². The average Bonchev–Trinajstić information content (AvgIpc) is 3.36. The second-order valence-electron chi connectivity index (χ2n) is 10.6. The van der Waals surface area contributed by atoms with Gasteiger partial charge in [0.25, 0.3) is 0 Å². The van der Waals surface area contributed by atoms with E-state index in [9.17, 15) is 0 Å². The van der Waals surface area contributed by atoms with Crippen molar-refractivity contribution in [2.75, 3.05) is 18.0 Å². The van der Waals surface area contributed by atoms with E-state index in [4.69, 9.17) is 0 Å². The molecule has 0 bridgehead atoms. The topological polar surface area (TPSA) is 6.48 Å². The summed E-state index contributed by atoms with van der Waals surface area (Å²) < 4.78 is 0. The summed E-state index contributed by atoms with van der Waals surface area (Å²) in [4.78, 5) is 5.64. The van der Waals surface area contributed by atoms with Crippen LogP contribution in [-0.2, 0) is 0 Å². The molecule has 1 aromatic carbocycles. The van der Waals surface area contributed by atoms with Gasteiger partial charge in [-0.3, -0.25) is 4.90 Å². The van der Waals surface area contributed by atoms with Gasteiger partial charge in [0, 0.05) is 30.4 Å². The minimum absolute atomic E-state index is 0.717. The van der Waals surface area contributed by atoms with Gasteiger partial charge in [0.1, 0.15) is 0 Å². The van der Waals surface area contributed by atoms with E-state index < -0.39 is 0 Å². The van der Waals surface area contributed by atoms with Crippen LogP contribution in [0.2, 0.25) is 0 Å². The van der Waals surface area contributed by atoms with Crippen LogP contribution in [0.15, 0.2) is 30.3 Å². The Balaban J connectivity index is 1.37. The Bertz CT molecular complexity index is 602. The van der Waals surface area contributed by atoms with E-state index in [-0.39, 0.29) is 0 Å². The minimum atomic E-state index is 0.717. The molecule has 3 aliphatic rings. The van der Waals surface area contributed by atoms with Crippen molar-refractivity contribution in [3.63, 3.8) is 0 Å². The number of likely N-dealkylation sites (tertiary alicyclic amines) is 1. The molecule has 3 fully saturated rings. The Morgan fingerprint density at radius 1 is 0.786 bits per heavy atom. The van der Waals surface area contributed by atoms with Crippen LogP contribution < -0.4 is 4.90 Å². The lowest BCUT2D eigenvalue weighted by atomic mass is 9.76. The first-order valence-corrected chi connectivity index (χ1v) is 12.1. The van der Waals surface area contributed by atoms with E-state index in [1.807, 2.05) is 0 Å². The first-order valence-electron chi connectivity index (χ1n) is 12.1. The summed E-state index contributed by atoms with van der Waals surface area (Å²) in [6.45, 7) is 12.3. The first-order chi connectivity index (χ1) is 13.5. The quantitative estimate of drug-likeness (QED) is 0.597.